The maximum Gasteiger partial charge on any atom is 0.220 e. The summed E-state index contributed by atoms with van der Waals surface area (Å²) in [5, 5.41) is 6.04. The zero-order chi connectivity index (χ0) is 15.2. The Hall–Kier alpha value is -1.35. The van der Waals surface area contributed by atoms with Crippen LogP contribution in [0.2, 0.25) is 0 Å². The van der Waals surface area contributed by atoms with Gasteiger partial charge in [0, 0.05) is 19.0 Å². The van der Waals surface area contributed by atoms with Crippen molar-refractivity contribution in [2.45, 2.75) is 52.0 Å². The summed E-state index contributed by atoms with van der Waals surface area (Å²) < 4.78 is 0. The lowest BCUT2D eigenvalue weighted by molar-refractivity contribution is -0.121. The normalized spacial score (nSPS) is 13.1. The van der Waals surface area contributed by atoms with E-state index >= 15 is 0 Å². The van der Waals surface area contributed by atoms with Gasteiger partial charge in [0.05, 0.1) is 0 Å². The summed E-state index contributed by atoms with van der Waals surface area (Å²) in [6, 6.07) is 8.89. The number of amides is 1. The molecule has 0 aliphatic carbocycles. The Morgan fingerprint density at radius 3 is 2.30 bits per heavy atom. The second-order valence-electron chi connectivity index (χ2n) is 6.44. The number of likely N-dealkylation sites (N-methyl/N-ethyl adjacent to an activating group) is 1. The van der Waals surface area contributed by atoms with E-state index in [2.05, 4.69) is 55.7 Å². The standard InChI is InChI=1S/C17H28N2O/c1-13(18-5)12-19-16(20)11-8-14-6-9-15(10-7-14)17(2,3)4/h6-7,9-10,13,18H,8,11-12H2,1-5H3,(H,19,20). The number of rotatable bonds is 6. The highest BCUT2D eigenvalue weighted by molar-refractivity contribution is 5.76. The fraction of sp³-hybridized carbons (Fsp3) is 0.588. The van der Waals surface area contributed by atoms with Gasteiger partial charge in [0.2, 0.25) is 5.91 Å². The predicted molar refractivity (Wildman–Crippen MR) is 85.0 cm³/mol. The van der Waals surface area contributed by atoms with Crippen LogP contribution in [-0.2, 0) is 16.6 Å². The van der Waals surface area contributed by atoms with Crippen molar-refractivity contribution < 1.29 is 4.79 Å². The highest BCUT2D eigenvalue weighted by atomic mass is 16.1. The van der Waals surface area contributed by atoms with E-state index in [0.717, 1.165) is 6.42 Å². The molecular formula is C17H28N2O. The highest BCUT2D eigenvalue weighted by Crippen LogP contribution is 2.22. The molecule has 20 heavy (non-hydrogen) atoms. The summed E-state index contributed by atoms with van der Waals surface area (Å²) in [4.78, 5) is 11.7. The minimum absolute atomic E-state index is 0.118. The maximum atomic E-state index is 11.7. The first-order valence-corrected chi connectivity index (χ1v) is 7.36. The molecule has 1 atom stereocenters. The Kier molecular flexibility index (Phi) is 6.21. The Bertz CT molecular complexity index is 418. The van der Waals surface area contributed by atoms with Crippen LogP contribution in [0.25, 0.3) is 0 Å². The molecule has 3 nitrogen and oxygen atoms in total. The third-order valence-corrected chi connectivity index (χ3v) is 3.56. The van der Waals surface area contributed by atoms with Crippen molar-refractivity contribution in [3.05, 3.63) is 35.4 Å². The molecule has 0 aliphatic rings. The Balaban J connectivity index is 2.40. The molecule has 112 valence electrons. The lowest BCUT2D eigenvalue weighted by Crippen LogP contribution is -2.37. The van der Waals surface area contributed by atoms with E-state index in [1.165, 1.54) is 11.1 Å². The summed E-state index contributed by atoms with van der Waals surface area (Å²) in [5.41, 5.74) is 2.72. The van der Waals surface area contributed by atoms with Gasteiger partial charge in [0.25, 0.3) is 0 Å². The molecule has 0 spiro atoms. The van der Waals surface area contributed by atoms with E-state index in [4.69, 9.17) is 0 Å². The van der Waals surface area contributed by atoms with Crippen LogP contribution in [0.1, 0.15) is 45.2 Å². The van der Waals surface area contributed by atoms with Crippen LogP contribution in [0.4, 0.5) is 0 Å². The molecule has 1 unspecified atom stereocenters. The van der Waals surface area contributed by atoms with Crippen molar-refractivity contribution in [3.8, 4) is 0 Å². The number of hydrogen-bond acceptors (Lipinski definition) is 2. The summed E-state index contributed by atoms with van der Waals surface area (Å²) >= 11 is 0. The molecule has 0 fully saturated rings. The molecule has 1 aromatic carbocycles. The Labute approximate surface area is 123 Å². The lowest BCUT2D eigenvalue weighted by atomic mass is 9.86. The number of carbonyl (C=O) groups excluding carboxylic acids is 1. The minimum Gasteiger partial charge on any atom is -0.355 e. The smallest absolute Gasteiger partial charge is 0.220 e. The molecule has 2 N–H and O–H groups in total. The van der Waals surface area contributed by atoms with Gasteiger partial charge in [-0.15, -0.1) is 0 Å². The van der Waals surface area contributed by atoms with E-state index in [9.17, 15) is 4.79 Å². The van der Waals surface area contributed by atoms with Gasteiger partial charge >= 0.3 is 0 Å². The number of benzene rings is 1. The molecule has 0 bridgehead atoms. The number of nitrogens with one attached hydrogen (secondary N) is 2. The predicted octanol–water partition coefficient (Wildman–Crippen LogP) is 2.64. The van der Waals surface area contributed by atoms with Crippen molar-refractivity contribution in [3.63, 3.8) is 0 Å². The van der Waals surface area contributed by atoms with Crippen LogP contribution in [0.15, 0.2) is 24.3 Å². The van der Waals surface area contributed by atoms with Gasteiger partial charge in [-0.1, -0.05) is 45.0 Å². The third kappa shape index (κ3) is 5.74. The number of carbonyl (C=O) groups is 1. The average molecular weight is 276 g/mol. The fourth-order valence-electron chi connectivity index (χ4n) is 1.89. The number of hydrogen-bond donors (Lipinski definition) is 2. The summed E-state index contributed by atoms with van der Waals surface area (Å²) in [7, 11) is 1.90. The third-order valence-electron chi connectivity index (χ3n) is 3.56. The zero-order valence-electron chi connectivity index (χ0n) is 13.4. The topological polar surface area (TPSA) is 41.1 Å². The van der Waals surface area contributed by atoms with Crippen molar-refractivity contribution in [2.75, 3.05) is 13.6 Å². The van der Waals surface area contributed by atoms with E-state index < -0.39 is 0 Å². The van der Waals surface area contributed by atoms with Gasteiger partial charge < -0.3 is 10.6 Å². The van der Waals surface area contributed by atoms with Gasteiger partial charge in [0.15, 0.2) is 0 Å². The zero-order valence-corrected chi connectivity index (χ0v) is 13.4. The van der Waals surface area contributed by atoms with Crippen LogP contribution in [0.5, 0.6) is 0 Å². The molecule has 1 rings (SSSR count). The first-order valence-electron chi connectivity index (χ1n) is 7.36. The molecule has 3 heteroatoms. The van der Waals surface area contributed by atoms with Gasteiger partial charge in [-0.2, -0.15) is 0 Å². The molecule has 1 aromatic rings. The fourth-order valence-corrected chi connectivity index (χ4v) is 1.89. The maximum absolute atomic E-state index is 11.7. The molecule has 0 aliphatic heterocycles. The van der Waals surface area contributed by atoms with Gasteiger partial charge in [-0.3, -0.25) is 4.79 Å². The molecule has 0 saturated carbocycles. The monoisotopic (exact) mass is 276 g/mol. The summed E-state index contributed by atoms with van der Waals surface area (Å²) in [6.07, 6.45) is 1.34. The van der Waals surface area contributed by atoms with Crippen LogP contribution in [-0.4, -0.2) is 25.5 Å². The molecule has 1 amide bonds. The largest absolute Gasteiger partial charge is 0.355 e. The quantitative estimate of drug-likeness (QED) is 0.838. The summed E-state index contributed by atoms with van der Waals surface area (Å²) in [6.45, 7) is 9.35. The molecule has 0 aromatic heterocycles. The molecule has 0 heterocycles. The van der Waals surface area contributed by atoms with E-state index in [1.54, 1.807) is 0 Å². The number of aryl methyl sites for hydroxylation is 1. The van der Waals surface area contributed by atoms with E-state index in [0.29, 0.717) is 19.0 Å². The van der Waals surface area contributed by atoms with Crippen molar-refractivity contribution in [1.82, 2.24) is 10.6 Å². The first-order chi connectivity index (χ1) is 9.32. The van der Waals surface area contributed by atoms with Crippen LogP contribution in [0, 0.1) is 0 Å². The second-order valence-corrected chi connectivity index (χ2v) is 6.44. The van der Waals surface area contributed by atoms with E-state index in [1.807, 2.05) is 14.0 Å². The first kappa shape index (κ1) is 16.7. The minimum atomic E-state index is 0.118. The Morgan fingerprint density at radius 1 is 1.20 bits per heavy atom. The lowest BCUT2D eigenvalue weighted by Gasteiger charge is -2.19. The second kappa shape index (κ2) is 7.44. The molecule has 0 radical (unpaired) electrons. The van der Waals surface area contributed by atoms with Gasteiger partial charge in [-0.25, -0.2) is 0 Å². The van der Waals surface area contributed by atoms with Crippen molar-refractivity contribution in [1.29, 1.82) is 0 Å². The van der Waals surface area contributed by atoms with E-state index in [-0.39, 0.29) is 11.3 Å². The van der Waals surface area contributed by atoms with Crippen molar-refractivity contribution >= 4 is 5.91 Å². The Morgan fingerprint density at radius 2 is 1.80 bits per heavy atom. The summed E-state index contributed by atoms with van der Waals surface area (Å²) in [5.74, 6) is 0.118. The van der Waals surface area contributed by atoms with Gasteiger partial charge in [0.1, 0.15) is 0 Å². The van der Waals surface area contributed by atoms with Crippen LogP contribution in [0.3, 0.4) is 0 Å². The van der Waals surface area contributed by atoms with Crippen LogP contribution >= 0.6 is 0 Å². The average Bonchev–Trinajstić information content (AvgIpc) is 2.41. The molecule has 0 saturated heterocycles. The van der Waals surface area contributed by atoms with Crippen LogP contribution < -0.4 is 10.6 Å². The highest BCUT2D eigenvalue weighted by Gasteiger charge is 2.13. The van der Waals surface area contributed by atoms with Gasteiger partial charge in [-0.05, 0) is 36.9 Å². The van der Waals surface area contributed by atoms with Crippen molar-refractivity contribution in [2.24, 2.45) is 0 Å². The SMILES string of the molecule is CNC(C)CNC(=O)CCc1ccc(C(C)(C)C)cc1. The molecular weight excluding hydrogens is 248 g/mol.